The Labute approximate surface area is 154 Å². The Bertz CT molecular complexity index is 712. The van der Waals surface area contributed by atoms with Crippen molar-refractivity contribution >= 4 is 23.0 Å². The number of piperidine rings is 1. The standard InChI is InChI=1S/C20H24FN3S/c1-15-7-8-18(13-19(15)21)23-20(25)22-17-9-11-24(12-10-17)14-16-5-3-2-4-6-16/h2-8,13,17H,9-12,14H2,1H3,(H2,22,23,25). The number of nitrogens with zero attached hydrogens (tertiary/aromatic N) is 1. The van der Waals surface area contributed by atoms with Gasteiger partial charge in [0.15, 0.2) is 5.11 Å². The summed E-state index contributed by atoms with van der Waals surface area (Å²) in [5.74, 6) is -0.220. The van der Waals surface area contributed by atoms with Crippen LogP contribution in [0.5, 0.6) is 0 Å². The molecule has 1 fully saturated rings. The van der Waals surface area contributed by atoms with Crippen LogP contribution in [0, 0.1) is 12.7 Å². The molecule has 1 aliphatic heterocycles. The van der Waals surface area contributed by atoms with Gasteiger partial charge in [0.05, 0.1) is 0 Å². The molecular weight excluding hydrogens is 333 g/mol. The van der Waals surface area contributed by atoms with Crippen LogP contribution in [0.1, 0.15) is 24.0 Å². The number of anilines is 1. The van der Waals surface area contributed by atoms with Crippen LogP contribution >= 0.6 is 12.2 Å². The monoisotopic (exact) mass is 357 g/mol. The topological polar surface area (TPSA) is 27.3 Å². The molecule has 0 aliphatic carbocycles. The van der Waals surface area contributed by atoms with Crippen molar-refractivity contribution in [1.82, 2.24) is 10.2 Å². The van der Waals surface area contributed by atoms with Crippen LogP contribution in [0.25, 0.3) is 0 Å². The minimum atomic E-state index is -0.220. The van der Waals surface area contributed by atoms with E-state index in [4.69, 9.17) is 12.2 Å². The fourth-order valence-electron chi connectivity index (χ4n) is 3.10. The first-order valence-electron chi connectivity index (χ1n) is 8.70. The van der Waals surface area contributed by atoms with Crippen molar-refractivity contribution in [2.45, 2.75) is 32.4 Å². The van der Waals surface area contributed by atoms with E-state index in [1.165, 1.54) is 11.6 Å². The summed E-state index contributed by atoms with van der Waals surface area (Å²) in [5, 5.41) is 6.99. The summed E-state index contributed by atoms with van der Waals surface area (Å²) in [5.41, 5.74) is 2.67. The Kier molecular flexibility index (Phi) is 6.00. The predicted octanol–water partition coefficient (Wildman–Crippen LogP) is 4.09. The van der Waals surface area contributed by atoms with E-state index in [1.54, 1.807) is 13.0 Å². The summed E-state index contributed by atoms with van der Waals surface area (Å²) in [6, 6.07) is 16.0. The quantitative estimate of drug-likeness (QED) is 0.806. The molecule has 0 spiro atoms. The second-order valence-corrected chi connectivity index (χ2v) is 7.01. The zero-order chi connectivity index (χ0) is 17.6. The summed E-state index contributed by atoms with van der Waals surface area (Å²) < 4.78 is 13.6. The van der Waals surface area contributed by atoms with E-state index in [1.807, 2.05) is 12.1 Å². The highest BCUT2D eigenvalue weighted by molar-refractivity contribution is 7.80. The first kappa shape index (κ1) is 17.8. The average molecular weight is 357 g/mol. The summed E-state index contributed by atoms with van der Waals surface area (Å²) in [6.45, 7) is 4.85. The third kappa shape index (κ3) is 5.25. The van der Waals surface area contributed by atoms with Crippen LogP contribution in [-0.2, 0) is 6.54 Å². The first-order chi connectivity index (χ1) is 12.1. The normalized spacial score (nSPS) is 15.8. The predicted molar refractivity (Wildman–Crippen MR) is 105 cm³/mol. The number of hydrogen-bond acceptors (Lipinski definition) is 2. The lowest BCUT2D eigenvalue weighted by Gasteiger charge is -2.33. The number of aryl methyl sites for hydroxylation is 1. The van der Waals surface area contributed by atoms with Crippen LogP contribution in [-0.4, -0.2) is 29.1 Å². The average Bonchev–Trinajstić information content (AvgIpc) is 2.61. The van der Waals surface area contributed by atoms with E-state index < -0.39 is 0 Å². The highest BCUT2D eigenvalue weighted by Crippen LogP contribution is 2.16. The van der Waals surface area contributed by atoms with Gasteiger partial charge in [0.25, 0.3) is 0 Å². The first-order valence-corrected chi connectivity index (χ1v) is 9.11. The van der Waals surface area contributed by atoms with Crippen molar-refractivity contribution in [2.24, 2.45) is 0 Å². The summed E-state index contributed by atoms with van der Waals surface area (Å²) in [7, 11) is 0. The van der Waals surface area contributed by atoms with Gasteiger partial charge in [-0.2, -0.15) is 0 Å². The van der Waals surface area contributed by atoms with Crippen molar-refractivity contribution in [3.05, 3.63) is 65.5 Å². The molecule has 2 aromatic rings. The molecule has 1 heterocycles. The van der Waals surface area contributed by atoms with Gasteiger partial charge in [0.1, 0.15) is 5.82 Å². The summed E-state index contributed by atoms with van der Waals surface area (Å²) >= 11 is 5.37. The SMILES string of the molecule is Cc1ccc(NC(=S)NC2CCN(Cc3ccccc3)CC2)cc1F. The van der Waals surface area contributed by atoms with Gasteiger partial charge in [-0.05, 0) is 55.2 Å². The van der Waals surface area contributed by atoms with Crippen molar-refractivity contribution < 1.29 is 4.39 Å². The summed E-state index contributed by atoms with van der Waals surface area (Å²) in [6.07, 6.45) is 2.10. The molecular formula is C20H24FN3S. The fourth-order valence-corrected chi connectivity index (χ4v) is 3.38. The highest BCUT2D eigenvalue weighted by atomic mass is 32.1. The second kappa shape index (κ2) is 8.41. The molecule has 5 heteroatoms. The Morgan fingerprint density at radius 3 is 2.56 bits per heavy atom. The number of benzene rings is 2. The van der Waals surface area contributed by atoms with E-state index in [0.29, 0.717) is 22.4 Å². The van der Waals surface area contributed by atoms with Gasteiger partial charge in [0, 0.05) is 31.4 Å². The molecule has 0 bridgehead atoms. The number of thiocarbonyl (C=S) groups is 1. The van der Waals surface area contributed by atoms with Crippen LogP contribution in [0.3, 0.4) is 0 Å². The van der Waals surface area contributed by atoms with E-state index >= 15 is 0 Å². The Morgan fingerprint density at radius 1 is 1.16 bits per heavy atom. The minimum absolute atomic E-state index is 0.220. The van der Waals surface area contributed by atoms with Crippen molar-refractivity contribution in [3.8, 4) is 0 Å². The van der Waals surface area contributed by atoms with E-state index in [0.717, 1.165) is 32.5 Å². The molecule has 0 atom stereocenters. The van der Waals surface area contributed by atoms with Gasteiger partial charge < -0.3 is 10.6 Å². The Morgan fingerprint density at radius 2 is 1.88 bits per heavy atom. The Balaban J connectivity index is 1.43. The molecule has 0 aromatic heterocycles. The van der Waals surface area contributed by atoms with Crippen molar-refractivity contribution in [1.29, 1.82) is 0 Å². The van der Waals surface area contributed by atoms with Gasteiger partial charge in [-0.3, -0.25) is 4.90 Å². The molecule has 3 nitrogen and oxygen atoms in total. The zero-order valence-corrected chi connectivity index (χ0v) is 15.3. The third-order valence-corrected chi connectivity index (χ3v) is 4.82. The fraction of sp³-hybridized carbons (Fsp3) is 0.350. The lowest BCUT2D eigenvalue weighted by Crippen LogP contribution is -2.45. The molecule has 132 valence electrons. The molecule has 2 N–H and O–H groups in total. The lowest BCUT2D eigenvalue weighted by molar-refractivity contribution is 0.199. The molecule has 0 unspecified atom stereocenters. The maximum atomic E-state index is 13.6. The van der Waals surface area contributed by atoms with Crippen LogP contribution in [0.2, 0.25) is 0 Å². The van der Waals surface area contributed by atoms with Crippen LogP contribution < -0.4 is 10.6 Å². The van der Waals surface area contributed by atoms with Crippen molar-refractivity contribution in [3.63, 3.8) is 0 Å². The molecule has 2 aromatic carbocycles. The molecule has 0 saturated carbocycles. The smallest absolute Gasteiger partial charge is 0.170 e. The van der Waals surface area contributed by atoms with Crippen molar-refractivity contribution in [2.75, 3.05) is 18.4 Å². The van der Waals surface area contributed by atoms with Crippen LogP contribution in [0.4, 0.5) is 10.1 Å². The van der Waals surface area contributed by atoms with Gasteiger partial charge in [-0.15, -0.1) is 0 Å². The maximum Gasteiger partial charge on any atom is 0.170 e. The van der Waals surface area contributed by atoms with Crippen LogP contribution in [0.15, 0.2) is 48.5 Å². The molecule has 3 rings (SSSR count). The van der Waals surface area contributed by atoms with Gasteiger partial charge >= 0.3 is 0 Å². The molecule has 1 aliphatic rings. The molecule has 0 radical (unpaired) electrons. The lowest BCUT2D eigenvalue weighted by atomic mass is 10.0. The van der Waals surface area contributed by atoms with Gasteiger partial charge in [-0.25, -0.2) is 4.39 Å². The molecule has 25 heavy (non-hydrogen) atoms. The van der Waals surface area contributed by atoms with E-state index in [2.05, 4.69) is 39.8 Å². The minimum Gasteiger partial charge on any atom is -0.360 e. The Hall–Kier alpha value is -1.98. The third-order valence-electron chi connectivity index (χ3n) is 4.60. The maximum absolute atomic E-state index is 13.6. The number of likely N-dealkylation sites (tertiary alicyclic amines) is 1. The number of rotatable bonds is 4. The molecule has 1 saturated heterocycles. The summed E-state index contributed by atoms with van der Waals surface area (Å²) in [4.78, 5) is 2.47. The number of halogens is 1. The van der Waals surface area contributed by atoms with Gasteiger partial charge in [0.2, 0.25) is 0 Å². The van der Waals surface area contributed by atoms with E-state index in [9.17, 15) is 4.39 Å². The number of hydrogen-bond donors (Lipinski definition) is 2. The second-order valence-electron chi connectivity index (χ2n) is 6.60. The van der Waals surface area contributed by atoms with Gasteiger partial charge in [-0.1, -0.05) is 36.4 Å². The largest absolute Gasteiger partial charge is 0.360 e. The van der Waals surface area contributed by atoms with E-state index in [-0.39, 0.29) is 5.82 Å². The molecule has 0 amide bonds. The number of nitrogens with one attached hydrogen (secondary N) is 2. The highest BCUT2D eigenvalue weighted by Gasteiger charge is 2.19. The zero-order valence-electron chi connectivity index (χ0n) is 14.5.